The van der Waals surface area contributed by atoms with Gasteiger partial charge in [-0.2, -0.15) is 0 Å². The first-order chi connectivity index (χ1) is 12.6. The van der Waals surface area contributed by atoms with Crippen molar-refractivity contribution in [3.8, 4) is 0 Å². The fourth-order valence-corrected chi connectivity index (χ4v) is 2.02. The molecular weight excluding hydrogens is 416 g/mol. The first kappa shape index (κ1) is 31.1. The van der Waals surface area contributed by atoms with Crippen LogP contribution < -0.4 is 0 Å². The lowest BCUT2D eigenvalue weighted by Crippen LogP contribution is -1.96. The second kappa shape index (κ2) is 33.0. The SMILES string of the molecule is CCCCCOCCCCC.CCCCCOCCCCC.O=[SH](=O)Br. The molecular formula is C20H45BrO4S. The van der Waals surface area contributed by atoms with Gasteiger partial charge < -0.3 is 9.47 Å². The summed E-state index contributed by atoms with van der Waals surface area (Å²) >= 11 is 2.22. The highest BCUT2D eigenvalue weighted by Gasteiger charge is 1.89. The maximum absolute atomic E-state index is 8.95. The van der Waals surface area contributed by atoms with Gasteiger partial charge in [-0.1, -0.05) is 79.1 Å². The van der Waals surface area contributed by atoms with Crippen molar-refractivity contribution >= 4 is 24.0 Å². The van der Waals surface area contributed by atoms with E-state index < -0.39 is 9.14 Å². The standard InChI is InChI=1S/2C10H22O.BrHO2S/c2*1-3-5-7-9-11-10-8-6-4-2;1-4(2)3/h2*3-10H2,1-2H3;4H. The second-order valence-corrected chi connectivity index (χ2v) is 8.43. The van der Waals surface area contributed by atoms with Gasteiger partial charge in [-0.05, 0) is 25.7 Å². The maximum Gasteiger partial charge on any atom is 0.199 e. The molecule has 0 saturated heterocycles. The van der Waals surface area contributed by atoms with Crippen LogP contribution in [-0.4, -0.2) is 34.8 Å². The first-order valence-corrected chi connectivity index (χ1v) is 13.7. The molecule has 0 radical (unpaired) electrons. The van der Waals surface area contributed by atoms with Crippen LogP contribution in [0.15, 0.2) is 0 Å². The largest absolute Gasteiger partial charge is 0.381 e. The maximum atomic E-state index is 8.95. The second-order valence-electron chi connectivity index (χ2n) is 6.27. The molecule has 0 heterocycles. The highest BCUT2D eigenvalue weighted by molar-refractivity contribution is 9.44. The van der Waals surface area contributed by atoms with Gasteiger partial charge in [-0.15, -0.1) is 0 Å². The average Bonchev–Trinajstić information content (AvgIpc) is 2.60. The van der Waals surface area contributed by atoms with Crippen LogP contribution in [0.3, 0.4) is 0 Å². The molecule has 6 heteroatoms. The molecule has 4 nitrogen and oxygen atoms in total. The van der Waals surface area contributed by atoms with E-state index in [-0.39, 0.29) is 0 Å². The van der Waals surface area contributed by atoms with E-state index in [1.54, 1.807) is 0 Å². The van der Waals surface area contributed by atoms with Gasteiger partial charge in [0, 0.05) is 26.4 Å². The zero-order valence-corrected chi connectivity index (χ0v) is 20.3. The summed E-state index contributed by atoms with van der Waals surface area (Å²) < 4.78 is 28.8. The zero-order chi connectivity index (χ0) is 20.3. The van der Waals surface area contributed by atoms with Gasteiger partial charge >= 0.3 is 0 Å². The minimum absolute atomic E-state index is 0.970. The van der Waals surface area contributed by atoms with Crippen LogP contribution in [0.4, 0.5) is 0 Å². The zero-order valence-electron chi connectivity index (χ0n) is 17.8. The predicted octanol–water partition coefficient (Wildman–Crippen LogP) is 6.67. The third-order valence-corrected chi connectivity index (χ3v) is 3.57. The summed E-state index contributed by atoms with van der Waals surface area (Å²) in [6.45, 7) is 12.8. The fraction of sp³-hybridized carbons (Fsp3) is 1.00. The van der Waals surface area contributed by atoms with Crippen molar-refractivity contribution in [3.05, 3.63) is 0 Å². The van der Waals surface area contributed by atoms with Gasteiger partial charge in [-0.3, -0.25) is 0 Å². The van der Waals surface area contributed by atoms with E-state index in [2.05, 4.69) is 42.5 Å². The van der Waals surface area contributed by atoms with E-state index in [1.165, 1.54) is 77.0 Å². The topological polar surface area (TPSA) is 52.6 Å². The molecule has 162 valence electrons. The van der Waals surface area contributed by atoms with Crippen LogP contribution in [-0.2, 0) is 18.6 Å². The molecule has 0 aliphatic rings. The molecule has 0 rings (SSSR count). The van der Waals surface area contributed by atoms with Crippen molar-refractivity contribution in [2.45, 2.75) is 105 Å². The summed E-state index contributed by atoms with van der Waals surface area (Å²) in [6, 6.07) is 0. The Morgan fingerprint density at radius 3 is 0.885 bits per heavy atom. The molecule has 26 heavy (non-hydrogen) atoms. The highest BCUT2D eigenvalue weighted by Crippen LogP contribution is 1.98. The summed E-state index contributed by atoms with van der Waals surface area (Å²) in [5, 5.41) is 0. The summed E-state index contributed by atoms with van der Waals surface area (Å²) in [7, 11) is -2.31. The van der Waals surface area contributed by atoms with Crippen LogP contribution >= 0.6 is 14.8 Å². The number of halogens is 1. The Bertz CT molecular complexity index is 245. The third kappa shape index (κ3) is 49.7. The molecule has 0 unspecified atom stereocenters. The normalized spacial score (nSPS) is 10.1. The van der Waals surface area contributed by atoms with Crippen molar-refractivity contribution in [2.24, 2.45) is 0 Å². The van der Waals surface area contributed by atoms with Gasteiger partial charge in [0.2, 0.25) is 0 Å². The third-order valence-electron chi connectivity index (χ3n) is 3.57. The fourth-order valence-electron chi connectivity index (χ4n) is 2.02. The molecule has 0 N–H and O–H groups in total. The number of rotatable bonds is 16. The average molecular weight is 462 g/mol. The van der Waals surface area contributed by atoms with Crippen molar-refractivity contribution in [3.63, 3.8) is 0 Å². The molecule has 0 atom stereocenters. The van der Waals surface area contributed by atoms with Gasteiger partial charge in [-0.25, -0.2) is 8.42 Å². The summed E-state index contributed by atoms with van der Waals surface area (Å²) in [6.07, 6.45) is 15.4. The van der Waals surface area contributed by atoms with E-state index >= 15 is 0 Å². The number of hydrogen-bond donors (Lipinski definition) is 1. The Morgan fingerprint density at radius 2 is 0.731 bits per heavy atom. The van der Waals surface area contributed by atoms with Gasteiger partial charge in [0.15, 0.2) is 9.14 Å². The molecule has 0 saturated carbocycles. The Labute approximate surface area is 173 Å². The van der Waals surface area contributed by atoms with Crippen LogP contribution in [0.1, 0.15) is 105 Å². The molecule has 0 aliphatic heterocycles. The monoisotopic (exact) mass is 460 g/mol. The molecule has 0 amide bonds. The van der Waals surface area contributed by atoms with Gasteiger partial charge in [0.05, 0.1) is 14.8 Å². The van der Waals surface area contributed by atoms with Crippen LogP contribution in [0.5, 0.6) is 0 Å². The molecule has 0 aromatic carbocycles. The van der Waals surface area contributed by atoms with Gasteiger partial charge in [0.1, 0.15) is 0 Å². The Hall–Kier alpha value is 0.350. The summed E-state index contributed by atoms with van der Waals surface area (Å²) in [4.78, 5) is 0. The quantitative estimate of drug-likeness (QED) is 0.158. The number of hydrogen-bond acceptors (Lipinski definition) is 4. The predicted molar refractivity (Wildman–Crippen MR) is 119 cm³/mol. The Morgan fingerprint density at radius 1 is 0.538 bits per heavy atom. The lowest BCUT2D eigenvalue weighted by molar-refractivity contribution is 0.126. The summed E-state index contributed by atoms with van der Waals surface area (Å²) in [5.41, 5.74) is 0. The molecule has 0 aromatic rings. The lowest BCUT2D eigenvalue weighted by Gasteiger charge is -2.01. The van der Waals surface area contributed by atoms with Crippen molar-refractivity contribution in [1.82, 2.24) is 0 Å². The van der Waals surface area contributed by atoms with Gasteiger partial charge in [0.25, 0.3) is 0 Å². The number of unbranched alkanes of at least 4 members (excludes halogenated alkanes) is 8. The number of thiol groups is 1. The van der Waals surface area contributed by atoms with E-state index in [0.717, 1.165) is 26.4 Å². The number of ether oxygens (including phenoxy) is 2. The molecule has 0 aliphatic carbocycles. The van der Waals surface area contributed by atoms with Crippen LogP contribution in [0.25, 0.3) is 0 Å². The molecule has 0 bridgehead atoms. The summed E-state index contributed by atoms with van der Waals surface area (Å²) in [5.74, 6) is 0. The van der Waals surface area contributed by atoms with Crippen molar-refractivity contribution in [1.29, 1.82) is 0 Å². The van der Waals surface area contributed by atoms with Crippen molar-refractivity contribution in [2.75, 3.05) is 26.4 Å². The van der Waals surface area contributed by atoms with Crippen molar-refractivity contribution < 1.29 is 17.9 Å². The molecule has 0 aromatic heterocycles. The highest BCUT2D eigenvalue weighted by atomic mass is 79.9. The minimum atomic E-state index is -2.31. The Balaban J connectivity index is -0.000000338. The lowest BCUT2D eigenvalue weighted by atomic mass is 10.2. The smallest absolute Gasteiger partial charge is 0.199 e. The molecule has 0 spiro atoms. The van der Waals surface area contributed by atoms with E-state index in [4.69, 9.17) is 17.9 Å². The van der Waals surface area contributed by atoms with E-state index in [1.807, 2.05) is 0 Å². The van der Waals surface area contributed by atoms with E-state index in [0.29, 0.717) is 0 Å². The van der Waals surface area contributed by atoms with Crippen LogP contribution in [0.2, 0.25) is 0 Å². The first-order valence-electron chi connectivity index (χ1n) is 10.5. The van der Waals surface area contributed by atoms with E-state index in [9.17, 15) is 0 Å². The Kier molecular flexibility index (Phi) is 39.4. The molecule has 0 fully saturated rings. The minimum Gasteiger partial charge on any atom is -0.381 e. The van der Waals surface area contributed by atoms with Crippen LogP contribution in [0, 0.1) is 0 Å².